The molecule has 3 nitrogen and oxygen atoms in total. The highest BCUT2D eigenvalue weighted by molar-refractivity contribution is 6.27. The Morgan fingerprint density at radius 2 is 0.339 bits per heavy atom. The molecule has 0 fully saturated rings. The van der Waals surface area contributed by atoms with Gasteiger partial charge in [0.25, 0.3) is 0 Å². The normalized spacial score (nSPS) is 20.2. The van der Waals surface area contributed by atoms with Gasteiger partial charge in [0.05, 0.1) is 101 Å². The predicted octanol–water partition coefficient (Wildman–Crippen LogP) is 33.8. The van der Waals surface area contributed by atoms with Gasteiger partial charge in [-0.15, -0.1) is 0 Å². The van der Waals surface area contributed by atoms with Crippen molar-refractivity contribution >= 4 is 141 Å². The zero-order chi connectivity index (χ0) is 144. The highest BCUT2D eigenvalue weighted by Gasteiger charge is 2.25. The van der Waals surface area contributed by atoms with E-state index in [1.54, 1.807) is 0 Å². The molecule has 0 aliphatic carbocycles. The lowest BCUT2D eigenvalue weighted by Gasteiger charge is -2.20. The Bertz CT molecular complexity index is 12900. The van der Waals surface area contributed by atoms with Crippen molar-refractivity contribution in [3.63, 3.8) is 0 Å². The van der Waals surface area contributed by atoms with E-state index in [1.807, 2.05) is 0 Å². The molecule has 0 amide bonds. The quantitative estimate of drug-likeness (QED) is 0.135. The summed E-state index contributed by atoms with van der Waals surface area (Å²) >= 11 is 0. The zero-order valence-electron chi connectivity index (χ0n) is 134. The fraction of sp³-hybridized carbons (Fsp3) is 0. The summed E-state index contributed by atoms with van der Waals surface area (Å²) in [5.74, 6) is 0. The zero-order valence-corrected chi connectivity index (χ0v) is 60.2. The lowest BCUT2D eigenvalue weighted by Crippen LogP contribution is -1.92. The van der Waals surface area contributed by atoms with E-state index in [4.69, 9.17) is 81.8 Å². The van der Waals surface area contributed by atoms with Crippen LogP contribution in [-0.4, -0.2) is 0 Å². The second-order valence-corrected chi connectivity index (χ2v) is 25.8. The van der Waals surface area contributed by atoms with E-state index >= 15 is 0 Å². The fourth-order valence-corrected chi connectivity index (χ4v) is 14.3. The Morgan fingerprint density at radius 3 is 0.686 bits per heavy atom. The minimum atomic E-state index is -1.12. The molecule has 3 heterocycles. The molecule has 3 heteroatoms. The number of rotatable bonds is 9. The van der Waals surface area contributed by atoms with Gasteiger partial charge < -0.3 is 13.3 Å². The molecule has 3 aromatic heterocycles. The molecule has 0 aliphatic heterocycles. The summed E-state index contributed by atoms with van der Waals surface area (Å²) in [6.45, 7) is 0. The average molecular weight is 1610 g/mol. The average Bonchev–Trinajstić information content (AvgIpc) is 1.62. The van der Waals surface area contributed by atoms with Gasteiger partial charge in [0.1, 0.15) is 33.5 Å². The van der Waals surface area contributed by atoms with Crippen molar-refractivity contribution in [1.82, 2.24) is 0 Å². The first-order chi connectivity index (χ1) is 90.8. The van der Waals surface area contributed by atoms with Crippen molar-refractivity contribution in [3.8, 4) is 100 Å². The first kappa shape index (κ1) is 28.1. The van der Waals surface area contributed by atoms with E-state index in [0.29, 0.717) is 0 Å². The molecule has 0 spiro atoms. The second-order valence-electron chi connectivity index (χ2n) is 25.8. The van der Waals surface area contributed by atoms with Crippen LogP contribution in [0.3, 0.4) is 0 Å². The number of furan rings is 3. The van der Waals surface area contributed by atoms with Gasteiger partial charge in [0.15, 0.2) is 0 Å². The molecule has 121 heavy (non-hydrogen) atoms. The molecule has 564 valence electrons. The molecule has 0 unspecified atom stereocenters. The fourth-order valence-electron chi connectivity index (χ4n) is 14.3. The van der Waals surface area contributed by atoms with Gasteiger partial charge >= 0.3 is 0 Å². The largest absolute Gasteiger partial charge is 0.456 e. The monoisotopic (exact) mass is 1610 g/mol. The lowest BCUT2D eigenvalue weighted by molar-refractivity contribution is 0.668. The van der Waals surface area contributed by atoms with Crippen LogP contribution in [0.15, 0.2) is 460 Å². The van der Waals surface area contributed by atoms with E-state index in [0.717, 1.165) is 0 Å². The van der Waals surface area contributed by atoms with Crippen LogP contribution < -0.4 is 0 Å². The standard InChI is InChI=1S/C44H28O.C38H24O.C36H22O/c1-2-12-29(13-3-1)30-22-24-31(25-23-30)33-14-4-5-16-35(33)44-38-19-8-6-17-36(38)43(37-18-7-9-20-39(37)44)32-26-27-42-40(28-32)34-15-10-11-21-41(34)45-42;1-2-12-25(13-3-1)27-14-4-5-16-29(27)38-32-19-8-6-17-30(32)37(31-18-7-9-20-33(31)38)26-22-23-36-34(24-26)28-15-10-11-21-35(28)39-36;1-2-10-24-21-25(18-17-23(24)9-1)35-28-12-3-5-14-30(28)36(31-15-6-4-13-29(31)35)26-19-20-34-32(22-26)27-11-7-8-16-33(27)37-34/h1-28H;1-24H;1-22H/i1D,2D,3D,4D,5D,6D,7D,8D,9D,10D,11D,12D,13D,14D,15D,16D,17D,18D,19D,20D,21D,22D,23D,24D,25D,26D,27D,28D;1D,2D,3D,4D,5D,6D,7D,8D,9D,10D,11D,12D,13D,14D,15D,16D,17D,18D,19D,20D,21D,22D,23D,24D;1D,2D,3D,4D,5D,6D,7D,8D,9D,10D,11D,12D,13D,14D,15D,16D,17D,18D,19D,20D,21D,22D. The van der Waals surface area contributed by atoms with E-state index in [-0.39, 0.29) is 5.39 Å². The van der Waals surface area contributed by atoms with Crippen molar-refractivity contribution in [1.29, 1.82) is 0 Å². The molecule has 0 atom stereocenters. The van der Waals surface area contributed by atoms with Crippen molar-refractivity contribution in [2.24, 2.45) is 0 Å². The molecule has 0 aliphatic rings. The first-order valence-electron chi connectivity index (χ1n) is 72.5. The van der Waals surface area contributed by atoms with Gasteiger partial charge in [-0.1, -0.05) is 387 Å². The van der Waals surface area contributed by atoms with Crippen LogP contribution in [-0.2, 0) is 0 Å². The smallest absolute Gasteiger partial charge is 0.135 e. The van der Waals surface area contributed by atoms with Crippen LogP contribution in [0, 0.1) is 0 Å². The molecule has 0 saturated carbocycles. The SMILES string of the molecule is [2H]c1c([2H])c([2H])c(-c2c([2H])c([2H])c(-c3c([2H])c([2H])c([2H])c([2H])c3-c3c4c([2H])c([2H])c([2H])c([2H])c4c(-c4c([2H])c([2H])c5oc6c([2H])c([2H])c([2H])c([2H])c6c5c4[2H])c4c([2H])c([2H])c([2H])c([2H])c34)c([2H])c2[2H])c([2H])c1[2H].[2H]c1c([2H])c([2H])c(-c2c([2H])c([2H])c([2H])c([2H])c2-c2c3c([2H])c([2H])c([2H])c([2H])c3c(-c3c([2H])c([2H])c4oc5c([2H])c([2H])c([2H])c([2H])c5c4c3[2H])c3c([2H])c([2H])c([2H])c([2H])c23)c([2H])c1[2H].[2H]c1c([2H])c([2H])c2c(oc3c([2H])c([2H])c(-c4c5c([2H])c([2H])c([2H])c([2H])c5c(-c5c([2H])c([2H])c6c([2H])c([2H])c([2H])c([2H])c6c5[2H])c5c([2H])c([2H])c([2H])c([2H])c45)c([2H])c32)c1[2H]. The third-order valence-corrected chi connectivity index (χ3v) is 19.3. The number of para-hydroxylation sites is 3. The van der Waals surface area contributed by atoms with Crippen molar-refractivity contribution in [3.05, 3.63) is 447 Å². The number of benzene rings is 22. The van der Waals surface area contributed by atoms with E-state index < -0.39 is 683 Å². The van der Waals surface area contributed by atoms with Gasteiger partial charge in [-0.05, 0) is 236 Å². The maximum atomic E-state index is 9.67. The third kappa shape index (κ3) is 12.2. The van der Waals surface area contributed by atoms with Crippen LogP contribution >= 0.6 is 0 Å². The Balaban J connectivity index is 0.000000152. The minimum Gasteiger partial charge on any atom is -0.456 e. The molecule has 0 N–H and O–H groups in total. The maximum Gasteiger partial charge on any atom is 0.135 e. The van der Waals surface area contributed by atoms with Crippen LogP contribution in [0.2, 0.25) is 0 Å². The predicted molar refractivity (Wildman–Crippen MR) is 513 cm³/mol. The molecule has 22 aromatic carbocycles. The molecular weight excluding hydrogens is 1470 g/mol. The van der Waals surface area contributed by atoms with E-state index in [1.165, 1.54) is 0 Å². The van der Waals surface area contributed by atoms with Crippen LogP contribution in [0.1, 0.15) is 101 Å². The summed E-state index contributed by atoms with van der Waals surface area (Å²) in [6.07, 6.45) is 0. The summed E-state index contributed by atoms with van der Waals surface area (Å²) in [7, 11) is 0. The number of hydrogen-bond acceptors (Lipinski definition) is 3. The Kier molecular flexibility index (Phi) is 6.90. The summed E-state index contributed by atoms with van der Waals surface area (Å²) < 4.78 is 674. The highest BCUT2D eigenvalue weighted by atomic mass is 16.3. The molecule has 25 aromatic rings. The van der Waals surface area contributed by atoms with Crippen LogP contribution in [0.25, 0.3) is 241 Å². The summed E-state index contributed by atoms with van der Waals surface area (Å²) in [5.41, 5.74) is -17.0. The van der Waals surface area contributed by atoms with Crippen LogP contribution in [0.5, 0.6) is 0 Å². The molecular formula is C118H74O3. The Morgan fingerprint density at radius 1 is 0.124 bits per heavy atom. The lowest BCUT2D eigenvalue weighted by atomic mass is 9.83. The summed E-state index contributed by atoms with van der Waals surface area (Å²) in [4.78, 5) is 0. The van der Waals surface area contributed by atoms with Crippen molar-refractivity contribution in [2.75, 3.05) is 0 Å². The highest BCUT2D eigenvalue weighted by Crippen LogP contribution is 2.51. The van der Waals surface area contributed by atoms with Gasteiger partial charge in [-0.3, -0.25) is 0 Å². The summed E-state index contributed by atoms with van der Waals surface area (Å²) in [5, 5.41) is -12.2. The van der Waals surface area contributed by atoms with Crippen LogP contribution in [0.4, 0.5) is 0 Å². The molecule has 0 bridgehead atoms. The third-order valence-electron chi connectivity index (χ3n) is 19.3. The first-order valence-corrected chi connectivity index (χ1v) is 35.5. The number of hydrogen-bond donors (Lipinski definition) is 0. The van der Waals surface area contributed by atoms with Gasteiger partial charge in [0.2, 0.25) is 0 Å². The molecule has 25 rings (SSSR count). The Labute approximate surface area is 802 Å². The van der Waals surface area contributed by atoms with E-state index in [9.17, 15) is 32.9 Å². The van der Waals surface area contributed by atoms with Crippen molar-refractivity contribution in [2.45, 2.75) is 0 Å². The topological polar surface area (TPSA) is 39.4 Å². The second kappa shape index (κ2) is 29.7. The van der Waals surface area contributed by atoms with Gasteiger partial charge in [-0.25, -0.2) is 0 Å². The molecule has 0 saturated heterocycles. The van der Waals surface area contributed by atoms with Crippen molar-refractivity contribution < 1.29 is 115 Å². The number of fused-ring (bicyclic) bond motifs is 16. The summed E-state index contributed by atoms with van der Waals surface area (Å²) in [6, 6.07) is -67.3. The maximum absolute atomic E-state index is 9.67. The minimum absolute atomic E-state index is 0.374. The molecule has 0 radical (unpaired) electrons. The van der Waals surface area contributed by atoms with Gasteiger partial charge in [-0.2, -0.15) is 0 Å². The Hall–Kier alpha value is -15.9. The van der Waals surface area contributed by atoms with Gasteiger partial charge in [0, 0.05) is 32.3 Å². The van der Waals surface area contributed by atoms with E-state index in [2.05, 4.69) is 0 Å².